The molecule has 1 fully saturated rings. The van der Waals surface area contributed by atoms with Crippen LogP contribution >= 0.6 is 0 Å². The van der Waals surface area contributed by atoms with E-state index in [9.17, 15) is 0 Å². The van der Waals surface area contributed by atoms with Crippen LogP contribution in [0, 0.1) is 0 Å². The Kier molecular flexibility index (Phi) is 4.43. The molecular formula is C19H22N6O. The normalized spacial score (nSPS) is 15.7. The summed E-state index contributed by atoms with van der Waals surface area (Å²) in [4.78, 5) is 8.72. The first kappa shape index (κ1) is 16.4. The van der Waals surface area contributed by atoms with E-state index in [0.29, 0.717) is 18.1 Å². The first-order valence-electron chi connectivity index (χ1n) is 8.74. The summed E-state index contributed by atoms with van der Waals surface area (Å²) in [7, 11) is 1.77. The lowest BCUT2D eigenvalue weighted by atomic mass is 9.96. The summed E-state index contributed by atoms with van der Waals surface area (Å²) in [5.41, 5.74) is 1.62. The zero-order valence-electron chi connectivity index (χ0n) is 14.7. The SMILES string of the molecule is CN=C(NCc1nc(-c2ccco2)n[nH]1)NCC1(c2ccccc2)CC1. The van der Waals surface area contributed by atoms with Crippen molar-refractivity contribution in [2.75, 3.05) is 13.6 Å². The topological polar surface area (TPSA) is 91.1 Å². The molecule has 0 spiro atoms. The van der Waals surface area contributed by atoms with E-state index in [0.717, 1.165) is 18.3 Å². The fourth-order valence-electron chi connectivity index (χ4n) is 3.04. The Bertz CT molecular complexity index is 865. The zero-order chi connectivity index (χ0) is 17.8. The van der Waals surface area contributed by atoms with Gasteiger partial charge in [-0.25, -0.2) is 4.98 Å². The van der Waals surface area contributed by atoms with Crippen LogP contribution in [0.3, 0.4) is 0 Å². The van der Waals surface area contributed by atoms with E-state index in [4.69, 9.17) is 4.42 Å². The molecule has 0 aliphatic heterocycles. The molecule has 2 aromatic heterocycles. The van der Waals surface area contributed by atoms with Crippen molar-refractivity contribution in [3.05, 3.63) is 60.1 Å². The second-order valence-corrected chi connectivity index (χ2v) is 6.51. The quantitative estimate of drug-likeness (QED) is 0.469. The average molecular weight is 350 g/mol. The fraction of sp³-hybridized carbons (Fsp3) is 0.316. The van der Waals surface area contributed by atoms with E-state index < -0.39 is 0 Å². The minimum atomic E-state index is 0.234. The molecule has 7 nitrogen and oxygen atoms in total. The molecule has 2 heterocycles. The lowest BCUT2D eigenvalue weighted by Gasteiger charge is -2.18. The summed E-state index contributed by atoms with van der Waals surface area (Å²) < 4.78 is 5.30. The van der Waals surface area contributed by atoms with Crippen LogP contribution in [0.4, 0.5) is 0 Å². The molecule has 0 saturated heterocycles. The number of H-pyrrole nitrogens is 1. The van der Waals surface area contributed by atoms with Gasteiger partial charge in [-0.1, -0.05) is 30.3 Å². The number of rotatable bonds is 6. The third-order valence-corrected chi connectivity index (χ3v) is 4.75. The smallest absolute Gasteiger partial charge is 0.216 e. The highest BCUT2D eigenvalue weighted by atomic mass is 16.3. The number of hydrogen-bond donors (Lipinski definition) is 3. The van der Waals surface area contributed by atoms with Crippen molar-refractivity contribution in [1.82, 2.24) is 25.8 Å². The summed E-state index contributed by atoms with van der Waals surface area (Å²) in [6.07, 6.45) is 4.01. The Morgan fingerprint density at radius 3 is 2.73 bits per heavy atom. The van der Waals surface area contributed by atoms with E-state index in [1.807, 2.05) is 12.1 Å². The van der Waals surface area contributed by atoms with Gasteiger partial charge in [0.1, 0.15) is 5.82 Å². The first-order chi connectivity index (χ1) is 12.8. The van der Waals surface area contributed by atoms with Gasteiger partial charge < -0.3 is 15.1 Å². The first-order valence-corrected chi connectivity index (χ1v) is 8.74. The van der Waals surface area contributed by atoms with Crippen molar-refractivity contribution in [2.45, 2.75) is 24.8 Å². The molecule has 0 radical (unpaired) electrons. The van der Waals surface area contributed by atoms with Crippen LogP contribution in [0.15, 0.2) is 58.1 Å². The molecule has 0 atom stereocenters. The van der Waals surface area contributed by atoms with Crippen molar-refractivity contribution >= 4 is 5.96 Å². The predicted molar refractivity (Wildman–Crippen MR) is 99.6 cm³/mol. The summed E-state index contributed by atoms with van der Waals surface area (Å²) >= 11 is 0. The number of furan rings is 1. The van der Waals surface area contributed by atoms with E-state index in [1.165, 1.54) is 18.4 Å². The maximum atomic E-state index is 5.30. The molecule has 4 rings (SSSR count). The Labute approximate surface area is 152 Å². The largest absolute Gasteiger partial charge is 0.461 e. The number of benzene rings is 1. The molecule has 1 aliphatic carbocycles. The Morgan fingerprint density at radius 1 is 1.19 bits per heavy atom. The van der Waals surface area contributed by atoms with Crippen molar-refractivity contribution in [2.24, 2.45) is 4.99 Å². The summed E-state index contributed by atoms with van der Waals surface area (Å²) in [6.45, 7) is 1.37. The highest BCUT2D eigenvalue weighted by Crippen LogP contribution is 2.47. The van der Waals surface area contributed by atoms with Gasteiger partial charge in [-0.05, 0) is 30.5 Å². The molecule has 7 heteroatoms. The molecule has 1 saturated carbocycles. The number of nitrogens with zero attached hydrogens (tertiary/aromatic N) is 3. The number of guanidine groups is 1. The molecule has 1 aliphatic rings. The standard InChI is InChI=1S/C19H22N6O/c1-20-18(22-13-19(9-10-19)14-6-3-2-4-7-14)21-12-16-23-17(25-24-16)15-8-5-11-26-15/h2-8,11H,9-10,12-13H2,1H3,(H2,20,21,22)(H,23,24,25). The molecule has 1 aromatic carbocycles. The van der Waals surface area contributed by atoms with Crippen molar-refractivity contribution < 1.29 is 4.42 Å². The highest BCUT2D eigenvalue weighted by molar-refractivity contribution is 5.79. The molecule has 0 unspecified atom stereocenters. The minimum Gasteiger partial charge on any atom is -0.461 e. The lowest BCUT2D eigenvalue weighted by molar-refractivity contribution is 0.577. The lowest BCUT2D eigenvalue weighted by Crippen LogP contribution is -2.41. The van der Waals surface area contributed by atoms with Gasteiger partial charge in [0, 0.05) is 19.0 Å². The Balaban J connectivity index is 1.32. The Hall–Kier alpha value is -3.09. The minimum absolute atomic E-state index is 0.234. The second kappa shape index (κ2) is 7.03. The van der Waals surface area contributed by atoms with Crippen molar-refractivity contribution in [1.29, 1.82) is 0 Å². The van der Waals surface area contributed by atoms with Crippen LogP contribution in [0.2, 0.25) is 0 Å². The molecule has 134 valence electrons. The van der Waals surface area contributed by atoms with Crippen LogP contribution in [-0.2, 0) is 12.0 Å². The van der Waals surface area contributed by atoms with E-state index >= 15 is 0 Å². The summed E-state index contributed by atoms with van der Waals surface area (Å²) in [5, 5.41) is 13.8. The number of aromatic nitrogens is 3. The maximum Gasteiger partial charge on any atom is 0.216 e. The van der Waals surface area contributed by atoms with Gasteiger partial charge in [0.25, 0.3) is 0 Å². The van der Waals surface area contributed by atoms with Crippen LogP contribution < -0.4 is 10.6 Å². The number of aromatic amines is 1. The van der Waals surface area contributed by atoms with Gasteiger partial charge in [0.2, 0.25) is 5.82 Å². The highest BCUT2D eigenvalue weighted by Gasteiger charge is 2.43. The predicted octanol–water partition coefficient (Wildman–Crippen LogP) is 2.46. The number of aliphatic imine (C=N–C) groups is 1. The molecule has 0 amide bonds. The second-order valence-electron chi connectivity index (χ2n) is 6.51. The Morgan fingerprint density at radius 2 is 2.04 bits per heavy atom. The molecule has 26 heavy (non-hydrogen) atoms. The zero-order valence-corrected chi connectivity index (χ0v) is 14.7. The molecular weight excluding hydrogens is 328 g/mol. The fourth-order valence-corrected chi connectivity index (χ4v) is 3.04. The van der Waals surface area contributed by atoms with E-state index in [1.54, 1.807) is 13.3 Å². The van der Waals surface area contributed by atoms with Gasteiger partial charge >= 0.3 is 0 Å². The van der Waals surface area contributed by atoms with Crippen LogP contribution in [0.25, 0.3) is 11.6 Å². The van der Waals surface area contributed by atoms with E-state index in [-0.39, 0.29) is 5.41 Å². The van der Waals surface area contributed by atoms with Crippen LogP contribution in [0.1, 0.15) is 24.2 Å². The van der Waals surface area contributed by atoms with E-state index in [2.05, 4.69) is 61.1 Å². The third-order valence-electron chi connectivity index (χ3n) is 4.75. The summed E-state index contributed by atoms with van der Waals surface area (Å²) in [6, 6.07) is 14.3. The van der Waals surface area contributed by atoms with Gasteiger partial charge in [-0.15, -0.1) is 5.10 Å². The number of hydrogen-bond acceptors (Lipinski definition) is 4. The monoisotopic (exact) mass is 350 g/mol. The molecule has 0 bridgehead atoms. The third kappa shape index (κ3) is 3.46. The van der Waals surface area contributed by atoms with Crippen molar-refractivity contribution in [3.8, 4) is 11.6 Å². The summed E-state index contributed by atoms with van der Waals surface area (Å²) in [5.74, 6) is 2.68. The van der Waals surface area contributed by atoms with Crippen LogP contribution in [-0.4, -0.2) is 34.7 Å². The maximum absolute atomic E-state index is 5.30. The molecule has 3 aromatic rings. The van der Waals surface area contributed by atoms with Gasteiger partial charge in [-0.3, -0.25) is 10.1 Å². The number of nitrogens with one attached hydrogen (secondary N) is 3. The van der Waals surface area contributed by atoms with Gasteiger partial charge in [-0.2, -0.15) is 0 Å². The van der Waals surface area contributed by atoms with Crippen LogP contribution in [0.5, 0.6) is 0 Å². The average Bonchev–Trinajstić information content (AvgIpc) is 3.09. The van der Waals surface area contributed by atoms with Gasteiger partial charge in [0.05, 0.1) is 12.8 Å². The van der Waals surface area contributed by atoms with Crippen molar-refractivity contribution in [3.63, 3.8) is 0 Å². The molecule has 3 N–H and O–H groups in total. The van der Waals surface area contributed by atoms with Gasteiger partial charge in [0.15, 0.2) is 11.7 Å².